The third-order valence-electron chi connectivity index (χ3n) is 4.20. The van der Waals surface area contributed by atoms with Crippen LogP contribution < -0.4 is 0 Å². The highest BCUT2D eigenvalue weighted by Gasteiger charge is 2.30. The summed E-state index contributed by atoms with van der Waals surface area (Å²) in [4.78, 5) is 26.9. The second kappa shape index (κ2) is 7.72. The smallest absolute Gasteiger partial charge is 0.300 e. The minimum absolute atomic E-state index is 0.0187. The molecule has 1 aliphatic heterocycles. The molecule has 1 amide bonds. The van der Waals surface area contributed by atoms with Crippen molar-refractivity contribution in [2.45, 2.75) is 19.4 Å². The Labute approximate surface area is 139 Å². The maximum Gasteiger partial charge on any atom is 0.300 e. The van der Waals surface area contributed by atoms with E-state index in [4.69, 9.17) is 11.6 Å². The van der Waals surface area contributed by atoms with E-state index in [0.29, 0.717) is 26.2 Å². The zero-order valence-corrected chi connectivity index (χ0v) is 13.7. The first kappa shape index (κ1) is 17.7. The van der Waals surface area contributed by atoms with Gasteiger partial charge in [0, 0.05) is 32.2 Å². The minimum atomic E-state index is -0.620. The number of para-hydroxylation sites is 1. The summed E-state index contributed by atoms with van der Waals surface area (Å²) < 4.78 is 0. The van der Waals surface area contributed by atoms with Crippen molar-refractivity contribution in [3.05, 3.63) is 38.9 Å². The standard InChI is InChI=1S/C15H20ClN3O4/c1-2-11(10-20)17-6-8-18(9-7-17)15(21)12-4-3-5-13(16)14(12)19(22)23/h3-5,11,20H,2,6-10H2,1H3. The molecule has 0 bridgehead atoms. The molecular weight excluding hydrogens is 322 g/mol. The molecule has 126 valence electrons. The molecule has 1 N–H and O–H groups in total. The Morgan fingerprint density at radius 3 is 2.57 bits per heavy atom. The largest absolute Gasteiger partial charge is 0.395 e. The van der Waals surface area contributed by atoms with E-state index in [1.807, 2.05) is 6.92 Å². The summed E-state index contributed by atoms with van der Waals surface area (Å²) in [6.07, 6.45) is 0.838. The monoisotopic (exact) mass is 341 g/mol. The normalized spacial score (nSPS) is 17.1. The minimum Gasteiger partial charge on any atom is -0.395 e. The molecule has 23 heavy (non-hydrogen) atoms. The second-order valence-corrected chi connectivity index (χ2v) is 5.87. The van der Waals surface area contributed by atoms with Crippen molar-refractivity contribution in [1.82, 2.24) is 9.80 Å². The van der Waals surface area contributed by atoms with Gasteiger partial charge < -0.3 is 10.0 Å². The first-order chi connectivity index (χ1) is 11.0. The van der Waals surface area contributed by atoms with E-state index in [2.05, 4.69) is 4.90 Å². The predicted molar refractivity (Wildman–Crippen MR) is 86.7 cm³/mol. The van der Waals surface area contributed by atoms with E-state index >= 15 is 0 Å². The molecule has 1 aromatic carbocycles. The Balaban J connectivity index is 2.12. The van der Waals surface area contributed by atoms with Crippen LogP contribution in [0.1, 0.15) is 23.7 Å². The third-order valence-corrected chi connectivity index (χ3v) is 4.50. The molecule has 2 rings (SSSR count). The molecule has 1 fully saturated rings. The average Bonchev–Trinajstić information content (AvgIpc) is 2.55. The van der Waals surface area contributed by atoms with Gasteiger partial charge in [0.05, 0.1) is 11.5 Å². The number of aliphatic hydroxyl groups is 1. The van der Waals surface area contributed by atoms with Crippen LogP contribution in [0.15, 0.2) is 18.2 Å². The van der Waals surface area contributed by atoms with Crippen LogP contribution in [0, 0.1) is 10.1 Å². The third kappa shape index (κ3) is 3.80. The fourth-order valence-electron chi connectivity index (χ4n) is 2.84. The number of nitro groups is 1. The Bertz CT molecular complexity index is 584. The molecule has 1 atom stereocenters. The molecule has 0 spiro atoms. The summed E-state index contributed by atoms with van der Waals surface area (Å²) in [5, 5.41) is 20.5. The van der Waals surface area contributed by atoms with E-state index in [1.165, 1.54) is 18.2 Å². The maximum atomic E-state index is 12.6. The van der Waals surface area contributed by atoms with Crippen LogP contribution in [0.25, 0.3) is 0 Å². The number of amides is 1. The summed E-state index contributed by atoms with van der Waals surface area (Å²) in [6, 6.07) is 4.47. The number of carbonyl (C=O) groups excluding carboxylic acids is 1. The quantitative estimate of drug-likeness (QED) is 0.651. The average molecular weight is 342 g/mol. The van der Waals surface area contributed by atoms with Gasteiger partial charge in [0.2, 0.25) is 0 Å². The zero-order valence-electron chi connectivity index (χ0n) is 12.9. The molecule has 0 saturated carbocycles. The number of rotatable bonds is 5. The summed E-state index contributed by atoms with van der Waals surface area (Å²) in [5.41, 5.74) is -0.325. The highest BCUT2D eigenvalue weighted by atomic mass is 35.5. The fraction of sp³-hybridized carbons (Fsp3) is 0.533. The lowest BCUT2D eigenvalue weighted by Crippen LogP contribution is -2.52. The van der Waals surface area contributed by atoms with Crippen LogP contribution in [0.4, 0.5) is 5.69 Å². The molecule has 0 radical (unpaired) electrons. The number of piperazine rings is 1. The highest BCUT2D eigenvalue weighted by molar-refractivity contribution is 6.33. The number of hydrogen-bond acceptors (Lipinski definition) is 5. The highest BCUT2D eigenvalue weighted by Crippen LogP contribution is 2.29. The summed E-state index contributed by atoms with van der Waals surface area (Å²) in [6.45, 7) is 4.31. The first-order valence-electron chi connectivity index (χ1n) is 7.56. The van der Waals surface area contributed by atoms with Crippen molar-refractivity contribution in [1.29, 1.82) is 0 Å². The number of halogens is 1. The molecule has 7 nitrogen and oxygen atoms in total. The van der Waals surface area contributed by atoms with Crippen LogP contribution in [-0.2, 0) is 0 Å². The summed E-state index contributed by atoms with van der Waals surface area (Å²) in [5.74, 6) is -0.379. The van der Waals surface area contributed by atoms with E-state index < -0.39 is 4.92 Å². The van der Waals surface area contributed by atoms with E-state index in [1.54, 1.807) is 4.90 Å². The lowest BCUT2D eigenvalue weighted by molar-refractivity contribution is -0.385. The van der Waals surface area contributed by atoms with E-state index in [0.717, 1.165) is 6.42 Å². The van der Waals surface area contributed by atoms with Gasteiger partial charge in [-0.3, -0.25) is 19.8 Å². The van der Waals surface area contributed by atoms with Crippen LogP contribution in [0.5, 0.6) is 0 Å². The number of aliphatic hydroxyl groups excluding tert-OH is 1. The molecule has 1 saturated heterocycles. The predicted octanol–water partition coefficient (Wildman–Crippen LogP) is 1.78. The number of benzene rings is 1. The topological polar surface area (TPSA) is 86.9 Å². The zero-order chi connectivity index (χ0) is 17.0. The van der Waals surface area contributed by atoms with Crippen LogP contribution in [-0.4, -0.2) is 64.6 Å². The van der Waals surface area contributed by atoms with Gasteiger partial charge in [0.15, 0.2) is 0 Å². The van der Waals surface area contributed by atoms with Crippen molar-refractivity contribution in [3.8, 4) is 0 Å². The van der Waals surface area contributed by atoms with Gasteiger partial charge >= 0.3 is 5.69 Å². The Morgan fingerprint density at radius 1 is 1.39 bits per heavy atom. The summed E-state index contributed by atoms with van der Waals surface area (Å²) in [7, 11) is 0. The fourth-order valence-corrected chi connectivity index (χ4v) is 3.08. The van der Waals surface area contributed by atoms with Crippen molar-refractivity contribution >= 4 is 23.2 Å². The van der Waals surface area contributed by atoms with Gasteiger partial charge in [0.1, 0.15) is 10.6 Å². The Kier molecular flexibility index (Phi) is 5.92. The molecular formula is C15H20ClN3O4. The van der Waals surface area contributed by atoms with Gasteiger partial charge in [-0.05, 0) is 18.6 Å². The Morgan fingerprint density at radius 2 is 2.04 bits per heavy atom. The van der Waals surface area contributed by atoms with Crippen LogP contribution in [0.3, 0.4) is 0 Å². The lowest BCUT2D eigenvalue weighted by Gasteiger charge is -2.38. The second-order valence-electron chi connectivity index (χ2n) is 5.47. The molecule has 0 aromatic heterocycles. The van der Waals surface area contributed by atoms with Crippen LogP contribution >= 0.6 is 11.6 Å². The Hall–Kier alpha value is -1.70. The van der Waals surface area contributed by atoms with Gasteiger partial charge in [-0.15, -0.1) is 0 Å². The van der Waals surface area contributed by atoms with Crippen molar-refractivity contribution in [2.75, 3.05) is 32.8 Å². The molecule has 1 aromatic rings. The SMILES string of the molecule is CCC(CO)N1CCN(C(=O)c2cccc(Cl)c2[N+](=O)[O-])CC1. The van der Waals surface area contributed by atoms with Gasteiger partial charge in [-0.25, -0.2) is 0 Å². The molecule has 1 unspecified atom stereocenters. The molecule has 1 aliphatic rings. The lowest BCUT2D eigenvalue weighted by atomic mass is 10.1. The van der Waals surface area contributed by atoms with Crippen molar-refractivity contribution < 1.29 is 14.8 Å². The number of nitrogens with zero attached hydrogens (tertiary/aromatic N) is 3. The molecule has 8 heteroatoms. The van der Waals surface area contributed by atoms with Crippen molar-refractivity contribution in [3.63, 3.8) is 0 Å². The van der Waals surface area contributed by atoms with E-state index in [-0.39, 0.29) is 34.8 Å². The maximum absolute atomic E-state index is 12.6. The molecule has 1 heterocycles. The number of hydrogen-bond donors (Lipinski definition) is 1. The van der Waals surface area contributed by atoms with Gasteiger partial charge in [-0.2, -0.15) is 0 Å². The number of carbonyl (C=O) groups is 1. The van der Waals surface area contributed by atoms with Crippen molar-refractivity contribution in [2.24, 2.45) is 0 Å². The van der Waals surface area contributed by atoms with Gasteiger partial charge in [0.25, 0.3) is 5.91 Å². The molecule has 0 aliphatic carbocycles. The van der Waals surface area contributed by atoms with Gasteiger partial charge in [-0.1, -0.05) is 24.6 Å². The first-order valence-corrected chi connectivity index (χ1v) is 7.94. The van der Waals surface area contributed by atoms with Crippen LogP contribution in [0.2, 0.25) is 5.02 Å². The number of nitro benzene ring substituents is 1. The van der Waals surface area contributed by atoms with E-state index in [9.17, 15) is 20.0 Å². The summed E-state index contributed by atoms with van der Waals surface area (Å²) >= 11 is 5.86.